The Labute approximate surface area is 177 Å². The third-order valence-electron chi connectivity index (χ3n) is 4.24. The molecule has 2 aromatic carbocycles. The molecule has 1 aliphatic rings. The van der Waals surface area contributed by atoms with Gasteiger partial charge in [-0.15, -0.1) is 7.92 Å². The van der Waals surface area contributed by atoms with Crippen molar-refractivity contribution in [1.82, 2.24) is 0 Å². The molecular formula is C21H22Cl3PTi+. The average molecular weight is 460 g/mol. The number of halogens is 3. The maximum absolute atomic E-state index is 4.97. The molecule has 1 saturated carbocycles. The van der Waals surface area contributed by atoms with Crippen LogP contribution in [0, 0.1) is 31.6 Å². The van der Waals surface area contributed by atoms with Gasteiger partial charge in [-0.1, -0.05) is 60.7 Å². The van der Waals surface area contributed by atoms with Crippen molar-refractivity contribution >= 4 is 35.8 Å². The summed E-state index contributed by atoms with van der Waals surface area (Å²) in [4.78, 5) is 0. The molecule has 5 radical (unpaired) electrons. The van der Waals surface area contributed by atoms with E-state index >= 15 is 0 Å². The van der Waals surface area contributed by atoms with Gasteiger partial charge in [-0.25, -0.2) is 0 Å². The maximum atomic E-state index is 4.97. The van der Waals surface area contributed by atoms with Crippen LogP contribution in [0.5, 0.6) is 0 Å². The van der Waals surface area contributed by atoms with E-state index in [0.29, 0.717) is 0 Å². The molecule has 135 valence electrons. The minimum atomic E-state index is -1.92. The molecule has 0 amide bonds. The van der Waals surface area contributed by atoms with Crippen LogP contribution in [0.2, 0.25) is 0 Å². The predicted molar refractivity (Wildman–Crippen MR) is 115 cm³/mol. The average Bonchev–Trinajstić information content (AvgIpc) is 3.15. The van der Waals surface area contributed by atoms with Crippen LogP contribution in [-0.2, 0) is 20.1 Å². The Morgan fingerprint density at radius 1 is 0.769 bits per heavy atom. The van der Waals surface area contributed by atoms with Gasteiger partial charge >= 0.3 is 42.6 Å². The summed E-state index contributed by atoms with van der Waals surface area (Å²) in [5.74, 6) is 1.40. The van der Waals surface area contributed by atoms with E-state index in [1.54, 1.807) is 0 Å². The van der Waals surface area contributed by atoms with Gasteiger partial charge in [-0.05, 0) is 62.2 Å². The summed E-state index contributed by atoms with van der Waals surface area (Å²) in [6.07, 6.45) is 10.0. The Morgan fingerprint density at radius 2 is 1.15 bits per heavy atom. The van der Waals surface area contributed by atoms with Crippen molar-refractivity contribution in [3.63, 3.8) is 0 Å². The molecule has 0 atom stereocenters. The van der Waals surface area contributed by atoms with Crippen LogP contribution in [0.25, 0.3) is 0 Å². The molecule has 26 heavy (non-hydrogen) atoms. The minimum absolute atomic E-state index is 0.0404. The van der Waals surface area contributed by atoms with E-state index in [1.165, 1.54) is 23.2 Å². The zero-order valence-electron chi connectivity index (χ0n) is 14.9. The first kappa shape index (κ1) is 22.7. The van der Waals surface area contributed by atoms with Crippen molar-refractivity contribution in [1.29, 1.82) is 0 Å². The molecule has 3 rings (SSSR count). The standard InChI is InChI=1S/C21H22P.3ClH.Ti/c1-22(2)17-21(20-15-9-10-16-20,18-11-5-3-6-12-18)19-13-7-4-8-14-19;;;;/h3-16H,17H2,1-2H3;3*1H;/q;;;;+4/p-3. The third kappa shape index (κ3) is 6.23. The van der Waals surface area contributed by atoms with Gasteiger partial charge in [0.1, 0.15) is 0 Å². The summed E-state index contributed by atoms with van der Waals surface area (Å²) >= 11 is -1.92. The second kappa shape index (κ2) is 11.5. The fourth-order valence-corrected chi connectivity index (χ4v) is 4.85. The fourth-order valence-electron chi connectivity index (χ4n) is 3.35. The summed E-state index contributed by atoms with van der Waals surface area (Å²) in [7, 11) is 14.9. The molecule has 5 heteroatoms. The van der Waals surface area contributed by atoms with Crippen molar-refractivity contribution in [3.05, 3.63) is 103 Å². The van der Waals surface area contributed by atoms with Crippen LogP contribution in [0.4, 0.5) is 0 Å². The van der Waals surface area contributed by atoms with Gasteiger partial charge in [0.2, 0.25) is 0 Å². The molecule has 0 aliphatic heterocycles. The third-order valence-corrected chi connectivity index (χ3v) is 5.35. The monoisotopic (exact) mass is 458 g/mol. The zero-order valence-corrected chi connectivity index (χ0v) is 19.6. The molecule has 1 fully saturated rings. The zero-order chi connectivity index (χ0) is 19.0. The molecule has 2 aromatic rings. The predicted octanol–water partition coefficient (Wildman–Crippen LogP) is 7.19. The molecule has 0 spiro atoms. The van der Waals surface area contributed by atoms with Crippen molar-refractivity contribution in [2.24, 2.45) is 0 Å². The van der Waals surface area contributed by atoms with Crippen LogP contribution in [0.15, 0.2) is 60.7 Å². The Bertz CT molecular complexity index is 586. The molecule has 0 N–H and O–H groups in total. The summed E-state index contributed by atoms with van der Waals surface area (Å²) < 4.78 is 0. The summed E-state index contributed by atoms with van der Waals surface area (Å²) in [6, 6.07) is 21.9. The van der Waals surface area contributed by atoms with E-state index in [9.17, 15) is 0 Å². The van der Waals surface area contributed by atoms with Gasteiger partial charge < -0.3 is 0 Å². The van der Waals surface area contributed by atoms with Crippen LogP contribution >= 0.6 is 35.8 Å². The van der Waals surface area contributed by atoms with Crippen molar-refractivity contribution in [2.75, 3.05) is 19.5 Å². The number of hydrogen-bond acceptors (Lipinski definition) is 0. The van der Waals surface area contributed by atoms with Gasteiger partial charge in [-0.3, -0.25) is 0 Å². The van der Waals surface area contributed by atoms with E-state index in [1.807, 2.05) is 0 Å². The van der Waals surface area contributed by atoms with Crippen LogP contribution in [0.1, 0.15) is 11.1 Å². The number of benzene rings is 2. The Hall–Kier alpha value is 0.454. The number of rotatable bonds is 5. The molecule has 0 saturated heterocycles. The SMILES string of the molecule is CP(C)CC([C]1[CH][CH][CH][CH]1)(c1ccccc1)c1ccccc1.[Cl][Ti+]([Cl])[Cl]. The Balaban J connectivity index is 0.000000552. The summed E-state index contributed by atoms with van der Waals surface area (Å²) in [5, 5.41) is 0. The van der Waals surface area contributed by atoms with Gasteiger partial charge in [0, 0.05) is 5.41 Å². The molecule has 0 bridgehead atoms. The van der Waals surface area contributed by atoms with Crippen molar-refractivity contribution < 1.29 is 14.7 Å². The van der Waals surface area contributed by atoms with E-state index < -0.39 is 14.7 Å². The van der Waals surface area contributed by atoms with E-state index in [2.05, 4.69) is 99.7 Å². The fraction of sp³-hybridized carbons (Fsp3) is 0.190. The van der Waals surface area contributed by atoms with Crippen LogP contribution < -0.4 is 0 Å². The molecule has 0 nitrogen and oxygen atoms in total. The second-order valence-corrected chi connectivity index (χ2v) is 16.5. The van der Waals surface area contributed by atoms with E-state index in [0.717, 1.165) is 0 Å². The first-order chi connectivity index (χ1) is 12.5. The Morgan fingerprint density at radius 3 is 1.50 bits per heavy atom. The number of hydrogen-bond donors (Lipinski definition) is 0. The Kier molecular flexibility index (Phi) is 10.0. The topological polar surface area (TPSA) is 0 Å². The normalized spacial score (nSPS) is 14.8. The van der Waals surface area contributed by atoms with Gasteiger partial charge in [0.25, 0.3) is 0 Å². The quantitative estimate of drug-likeness (QED) is 0.328. The molecule has 0 unspecified atom stereocenters. The molecule has 1 aliphatic carbocycles. The summed E-state index contributed by atoms with van der Waals surface area (Å²) in [6.45, 7) is 4.75. The van der Waals surface area contributed by atoms with Crippen molar-refractivity contribution in [3.8, 4) is 0 Å². The summed E-state index contributed by atoms with van der Waals surface area (Å²) in [5.41, 5.74) is 2.74. The molecular weight excluding hydrogens is 437 g/mol. The van der Waals surface area contributed by atoms with Gasteiger partial charge in [-0.2, -0.15) is 0 Å². The van der Waals surface area contributed by atoms with Crippen LogP contribution in [-0.4, -0.2) is 19.5 Å². The van der Waals surface area contributed by atoms with Crippen LogP contribution in [0.3, 0.4) is 0 Å². The first-order valence-electron chi connectivity index (χ1n) is 8.28. The van der Waals surface area contributed by atoms with Crippen molar-refractivity contribution in [2.45, 2.75) is 5.41 Å². The van der Waals surface area contributed by atoms with Gasteiger partial charge in [0.05, 0.1) is 0 Å². The molecule has 0 heterocycles. The van der Waals surface area contributed by atoms with E-state index in [-0.39, 0.29) is 13.3 Å². The molecule has 0 aromatic heterocycles. The van der Waals surface area contributed by atoms with Gasteiger partial charge in [0.15, 0.2) is 0 Å². The van der Waals surface area contributed by atoms with E-state index in [4.69, 9.17) is 27.9 Å². The first-order valence-corrected chi connectivity index (χ1v) is 17.1. The second-order valence-electron chi connectivity index (χ2n) is 6.26.